The minimum atomic E-state index is -0.331. The van der Waals surface area contributed by atoms with E-state index in [0.717, 1.165) is 0 Å². The van der Waals surface area contributed by atoms with Crippen molar-refractivity contribution in [3.8, 4) is 0 Å². The van der Waals surface area contributed by atoms with Crippen molar-refractivity contribution in [3.63, 3.8) is 0 Å². The molecule has 4 nitrogen and oxygen atoms in total. The summed E-state index contributed by atoms with van der Waals surface area (Å²) >= 11 is 0. The number of H-pyrrole nitrogens is 2. The number of fused-ring (bicyclic) bond motifs is 1. The first-order chi connectivity index (χ1) is 4.77. The number of carbonyl (C=O) groups is 1. The van der Waals surface area contributed by atoms with E-state index in [1.165, 1.54) is 6.08 Å². The van der Waals surface area contributed by atoms with Crippen LogP contribution >= 0.6 is 0 Å². The fourth-order valence-electron chi connectivity index (χ4n) is 0.959. The largest absolute Gasteiger partial charge is 0.323 e. The van der Waals surface area contributed by atoms with Gasteiger partial charge in [0.05, 0.1) is 5.69 Å². The molecule has 2 rings (SSSR count). The average molecular weight is 136 g/mol. The monoisotopic (exact) mass is 136 g/mol. The SMILES string of the molecule is O=C1C=Cc2[nH]c(=O)[nH]c21. The highest BCUT2D eigenvalue weighted by Crippen LogP contribution is 2.11. The summed E-state index contributed by atoms with van der Waals surface area (Å²) in [6.45, 7) is 0. The van der Waals surface area contributed by atoms with Gasteiger partial charge in [0.25, 0.3) is 0 Å². The molecule has 1 aromatic rings. The average Bonchev–Trinajstić information content (AvgIpc) is 2.35. The molecule has 1 aromatic heterocycles. The summed E-state index contributed by atoms with van der Waals surface area (Å²) < 4.78 is 0. The molecule has 1 heterocycles. The summed E-state index contributed by atoms with van der Waals surface area (Å²) in [5, 5.41) is 0. The van der Waals surface area contributed by atoms with Gasteiger partial charge < -0.3 is 9.97 Å². The number of ketones is 1. The fourth-order valence-corrected chi connectivity index (χ4v) is 0.959. The third-order valence-electron chi connectivity index (χ3n) is 1.40. The number of nitrogens with one attached hydrogen (secondary N) is 2. The van der Waals surface area contributed by atoms with E-state index < -0.39 is 0 Å². The van der Waals surface area contributed by atoms with Crippen LogP contribution in [0.2, 0.25) is 0 Å². The van der Waals surface area contributed by atoms with Crippen molar-refractivity contribution in [2.45, 2.75) is 0 Å². The van der Waals surface area contributed by atoms with E-state index in [1.807, 2.05) is 0 Å². The first-order valence-electron chi connectivity index (χ1n) is 2.82. The molecule has 0 saturated heterocycles. The zero-order chi connectivity index (χ0) is 7.14. The van der Waals surface area contributed by atoms with Crippen LogP contribution in [0.1, 0.15) is 16.2 Å². The smallest absolute Gasteiger partial charge is 0.306 e. The van der Waals surface area contributed by atoms with Crippen LogP contribution in [-0.2, 0) is 0 Å². The first kappa shape index (κ1) is 5.22. The van der Waals surface area contributed by atoms with Crippen LogP contribution in [-0.4, -0.2) is 15.8 Å². The van der Waals surface area contributed by atoms with Gasteiger partial charge in [-0.1, -0.05) is 0 Å². The quantitative estimate of drug-likeness (QED) is 0.523. The van der Waals surface area contributed by atoms with Gasteiger partial charge in [-0.05, 0) is 12.2 Å². The van der Waals surface area contributed by atoms with Gasteiger partial charge in [-0.25, -0.2) is 4.79 Å². The molecule has 1 aliphatic carbocycles. The highest BCUT2D eigenvalue weighted by molar-refractivity contribution is 6.11. The van der Waals surface area contributed by atoms with Gasteiger partial charge in [0.15, 0.2) is 0 Å². The van der Waals surface area contributed by atoms with Crippen LogP contribution in [0.4, 0.5) is 0 Å². The number of imidazole rings is 1. The van der Waals surface area contributed by atoms with E-state index in [2.05, 4.69) is 9.97 Å². The molecule has 2 N–H and O–H groups in total. The third-order valence-corrected chi connectivity index (χ3v) is 1.40. The predicted molar refractivity (Wildman–Crippen MR) is 34.8 cm³/mol. The van der Waals surface area contributed by atoms with E-state index in [1.54, 1.807) is 6.08 Å². The van der Waals surface area contributed by atoms with E-state index in [4.69, 9.17) is 0 Å². The topological polar surface area (TPSA) is 65.7 Å². The standard InChI is InChI=1S/C6H4N2O2/c9-4-2-1-3-5(4)8-6(10)7-3/h1-2H,(H2,7,8,10). The fraction of sp³-hybridized carbons (Fsp3) is 0. The Bertz CT molecular complexity index is 369. The first-order valence-corrected chi connectivity index (χ1v) is 2.82. The second kappa shape index (κ2) is 1.47. The van der Waals surface area contributed by atoms with Crippen LogP contribution in [0.3, 0.4) is 0 Å². The van der Waals surface area contributed by atoms with Crippen molar-refractivity contribution in [1.29, 1.82) is 0 Å². The van der Waals surface area contributed by atoms with Crippen LogP contribution in [0.25, 0.3) is 6.08 Å². The Kier molecular flexibility index (Phi) is 0.768. The summed E-state index contributed by atoms with van der Waals surface area (Å²) in [5.41, 5.74) is 0.614. The van der Waals surface area contributed by atoms with Gasteiger partial charge in [-0.15, -0.1) is 0 Å². The molecule has 4 heteroatoms. The Morgan fingerprint density at radius 2 is 1.90 bits per heavy atom. The number of hydrogen-bond acceptors (Lipinski definition) is 2. The van der Waals surface area contributed by atoms with Gasteiger partial charge in [0, 0.05) is 0 Å². The zero-order valence-electron chi connectivity index (χ0n) is 4.97. The molecule has 0 bridgehead atoms. The van der Waals surface area contributed by atoms with Crippen molar-refractivity contribution in [1.82, 2.24) is 9.97 Å². The maximum absolute atomic E-state index is 10.8. The van der Waals surface area contributed by atoms with Crippen molar-refractivity contribution >= 4 is 11.9 Å². The molecule has 10 heavy (non-hydrogen) atoms. The lowest BCUT2D eigenvalue weighted by Gasteiger charge is -1.79. The molecule has 0 spiro atoms. The molecule has 0 radical (unpaired) electrons. The van der Waals surface area contributed by atoms with Gasteiger partial charge in [-0.3, -0.25) is 4.79 Å². The maximum atomic E-state index is 10.8. The van der Waals surface area contributed by atoms with Crippen molar-refractivity contribution < 1.29 is 4.79 Å². The second-order valence-electron chi connectivity index (χ2n) is 2.07. The van der Waals surface area contributed by atoms with E-state index in [-0.39, 0.29) is 11.5 Å². The molecular weight excluding hydrogens is 132 g/mol. The predicted octanol–water partition coefficient (Wildman–Crippen LogP) is -0.0875. The number of carbonyl (C=O) groups excluding carboxylic acids is 1. The molecule has 0 fully saturated rings. The van der Waals surface area contributed by atoms with E-state index in [9.17, 15) is 9.59 Å². The lowest BCUT2D eigenvalue weighted by Crippen LogP contribution is -2.03. The Morgan fingerprint density at radius 1 is 1.10 bits per heavy atom. The summed E-state index contributed by atoms with van der Waals surface area (Å²) in [5.74, 6) is -0.145. The highest BCUT2D eigenvalue weighted by Gasteiger charge is 2.15. The molecule has 1 aliphatic rings. The lowest BCUT2D eigenvalue weighted by molar-refractivity contribution is 0.104. The van der Waals surface area contributed by atoms with Gasteiger partial charge >= 0.3 is 5.69 Å². The summed E-state index contributed by atoms with van der Waals surface area (Å²) in [4.78, 5) is 26.2. The normalized spacial score (nSPS) is 14.2. The number of allylic oxidation sites excluding steroid dienone is 1. The van der Waals surface area contributed by atoms with Crippen molar-refractivity contribution in [2.24, 2.45) is 0 Å². The Balaban J connectivity index is 2.80. The summed E-state index contributed by atoms with van der Waals surface area (Å²) in [7, 11) is 0. The molecule has 50 valence electrons. The van der Waals surface area contributed by atoms with Gasteiger partial charge in [-0.2, -0.15) is 0 Å². The minimum absolute atomic E-state index is 0.145. The van der Waals surface area contributed by atoms with Crippen molar-refractivity contribution in [3.05, 3.63) is 27.9 Å². The highest BCUT2D eigenvalue weighted by atomic mass is 16.1. The molecule has 0 aromatic carbocycles. The van der Waals surface area contributed by atoms with Crippen LogP contribution in [0.5, 0.6) is 0 Å². The third kappa shape index (κ3) is 0.500. The molecular formula is C6H4N2O2. The van der Waals surface area contributed by atoms with Gasteiger partial charge in [0.2, 0.25) is 5.78 Å². The van der Waals surface area contributed by atoms with Crippen molar-refractivity contribution in [2.75, 3.05) is 0 Å². The van der Waals surface area contributed by atoms with Gasteiger partial charge in [0.1, 0.15) is 5.69 Å². The summed E-state index contributed by atoms with van der Waals surface area (Å²) in [6.07, 6.45) is 2.99. The molecule has 0 saturated carbocycles. The minimum Gasteiger partial charge on any atom is -0.306 e. The summed E-state index contributed by atoms with van der Waals surface area (Å²) in [6, 6.07) is 0. The van der Waals surface area contributed by atoms with Crippen LogP contribution < -0.4 is 5.69 Å². The molecule has 0 aliphatic heterocycles. The number of aromatic amines is 2. The number of hydrogen-bond donors (Lipinski definition) is 2. The molecule has 0 unspecified atom stereocenters. The number of aromatic nitrogens is 2. The van der Waals surface area contributed by atoms with Crippen LogP contribution in [0, 0.1) is 0 Å². The Labute approximate surface area is 55.6 Å². The van der Waals surface area contributed by atoms with E-state index in [0.29, 0.717) is 11.4 Å². The van der Waals surface area contributed by atoms with E-state index >= 15 is 0 Å². The second-order valence-corrected chi connectivity index (χ2v) is 2.07. The lowest BCUT2D eigenvalue weighted by atomic mass is 10.3. The Morgan fingerprint density at radius 3 is 2.60 bits per heavy atom. The number of rotatable bonds is 0. The molecule has 0 atom stereocenters. The molecule has 0 amide bonds. The maximum Gasteiger partial charge on any atom is 0.323 e. The zero-order valence-corrected chi connectivity index (χ0v) is 4.97. The van der Waals surface area contributed by atoms with Crippen LogP contribution in [0.15, 0.2) is 10.9 Å². The Hall–Kier alpha value is -1.58.